The van der Waals surface area contributed by atoms with Crippen LogP contribution in [0, 0.1) is 5.92 Å². The van der Waals surface area contributed by atoms with Gasteiger partial charge in [0.1, 0.15) is 0 Å². The molecule has 1 aliphatic rings. The average molecular weight is 445 g/mol. The lowest BCUT2D eigenvalue weighted by Crippen LogP contribution is -2.39. The Morgan fingerprint density at radius 1 is 0.935 bits per heavy atom. The third kappa shape index (κ3) is 6.22. The number of benzene rings is 2. The second-order valence-electron chi connectivity index (χ2n) is 7.91. The molecular formula is C22H21F6NO2. The quantitative estimate of drug-likeness (QED) is 0.591. The van der Waals surface area contributed by atoms with Gasteiger partial charge in [0, 0.05) is 26.1 Å². The van der Waals surface area contributed by atoms with Crippen molar-refractivity contribution in [3.05, 3.63) is 70.8 Å². The SMILES string of the molecule is O=C(O)C[C@@H]1C[C@@H](c2ccc(C(F)(F)F)cc2)CN(Cc2cccc(C(F)(F)F)c2)C1. The number of hydrogen-bond acceptors (Lipinski definition) is 2. The molecule has 1 aliphatic heterocycles. The molecule has 2 atom stereocenters. The van der Waals surface area contributed by atoms with Crippen molar-refractivity contribution in [3.8, 4) is 0 Å². The van der Waals surface area contributed by atoms with E-state index in [0.717, 1.165) is 24.3 Å². The number of rotatable bonds is 5. The second-order valence-corrected chi connectivity index (χ2v) is 7.91. The Kier molecular flexibility index (Phi) is 6.64. The predicted octanol–water partition coefficient (Wildman–Crippen LogP) is 5.80. The van der Waals surface area contributed by atoms with Crippen LogP contribution in [0.3, 0.4) is 0 Å². The Morgan fingerprint density at radius 2 is 1.58 bits per heavy atom. The summed E-state index contributed by atoms with van der Waals surface area (Å²) in [5.74, 6) is -1.47. The summed E-state index contributed by atoms with van der Waals surface area (Å²) in [6, 6.07) is 9.71. The number of piperidine rings is 1. The van der Waals surface area contributed by atoms with Crippen molar-refractivity contribution >= 4 is 5.97 Å². The Bertz CT molecular complexity index is 907. The summed E-state index contributed by atoms with van der Waals surface area (Å²) in [5.41, 5.74) is -0.438. The first-order valence-corrected chi connectivity index (χ1v) is 9.69. The summed E-state index contributed by atoms with van der Waals surface area (Å²) in [6.07, 6.45) is -8.55. The molecule has 0 saturated carbocycles. The van der Waals surface area contributed by atoms with E-state index in [9.17, 15) is 36.2 Å². The van der Waals surface area contributed by atoms with Crippen LogP contribution in [0.5, 0.6) is 0 Å². The van der Waals surface area contributed by atoms with Crippen LogP contribution < -0.4 is 0 Å². The molecule has 0 unspecified atom stereocenters. The molecule has 0 bridgehead atoms. The highest BCUT2D eigenvalue weighted by molar-refractivity contribution is 5.67. The molecule has 1 N–H and O–H groups in total. The lowest BCUT2D eigenvalue weighted by molar-refractivity contribution is -0.139. The maximum absolute atomic E-state index is 13.0. The number of hydrogen-bond donors (Lipinski definition) is 1. The van der Waals surface area contributed by atoms with Gasteiger partial charge in [0.15, 0.2) is 0 Å². The number of likely N-dealkylation sites (tertiary alicyclic amines) is 1. The van der Waals surface area contributed by atoms with Crippen LogP contribution in [0.2, 0.25) is 0 Å². The lowest BCUT2D eigenvalue weighted by atomic mass is 9.82. The van der Waals surface area contributed by atoms with E-state index in [-0.39, 0.29) is 24.8 Å². The van der Waals surface area contributed by atoms with Crippen molar-refractivity contribution in [3.63, 3.8) is 0 Å². The smallest absolute Gasteiger partial charge is 0.416 e. The van der Waals surface area contributed by atoms with E-state index in [1.54, 1.807) is 6.07 Å². The van der Waals surface area contributed by atoms with Gasteiger partial charge in [0.25, 0.3) is 0 Å². The molecule has 3 nitrogen and oxygen atoms in total. The molecular weight excluding hydrogens is 424 g/mol. The van der Waals surface area contributed by atoms with E-state index in [1.165, 1.54) is 18.2 Å². The summed E-state index contributed by atoms with van der Waals surface area (Å²) in [7, 11) is 0. The monoisotopic (exact) mass is 445 g/mol. The third-order valence-corrected chi connectivity index (χ3v) is 5.45. The van der Waals surface area contributed by atoms with E-state index in [2.05, 4.69) is 0 Å². The minimum absolute atomic E-state index is 0.115. The van der Waals surface area contributed by atoms with E-state index < -0.39 is 29.4 Å². The van der Waals surface area contributed by atoms with Crippen LogP contribution in [0.4, 0.5) is 26.3 Å². The summed E-state index contributed by atoms with van der Waals surface area (Å²) in [5, 5.41) is 9.18. The van der Waals surface area contributed by atoms with Crippen LogP contribution in [-0.2, 0) is 23.7 Å². The second kappa shape index (κ2) is 8.90. The molecule has 1 fully saturated rings. The fourth-order valence-electron chi connectivity index (χ4n) is 4.12. The van der Waals surface area contributed by atoms with Gasteiger partial charge in [-0.1, -0.05) is 30.3 Å². The lowest BCUT2D eigenvalue weighted by Gasteiger charge is -2.38. The zero-order chi connectivity index (χ0) is 22.8. The van der Waals surface area contributed by atoms with Gasteiger partial charge in [-0.2, -0.15) is 26.3 Å². The van der Waals surface area contributed by atoms with E-state index in [0.29, 0.717) is 30.6 Å². The van der Waals surface area contributed by atoms with Gasteiger partial charge in [-0.05, 0) is 47.6 Å². The molecule has 168 valence electrons. The molecule has 2 aromatic carbocycles. The van der Waals surface area contributed by atoms with Gasteiger partial charge >= 0.3 is 18.3 Å². The van der Waals surface area contributed by atoms with Crippen LogP contribution in [-0.4, -0.2) is 29.1 Å². The molecule has 31 heavy (non-hydrogen) atoms. The Labute approximate surface area is 175 Å². The van der Waals surface area contributed by atoms with E-state index in [4.69, 9.17) is 0 Å². The molecule has 2 aromatic rings. The third-order valence-electron chi connectivity index (χ3n) is 5.45. The Hall–Kier alpha value is -2.55. The Morgan fingerprint density at radius 3 is 2.16 bits per heavy atom. The normalized spacial score (nSPS) is 20.6. The maximum atomic E-state index is 13.0. The first-order chi connectivity index (χ1) is 14.4. The number of nitrogens with zero attached hydrogens (tertiary/aromatic N) is 1. The van der Waals surface area contributed by atoms with E-state index in [1.807, 2.05) is 4.90 Å². The van der Waals surface area contributed by atoms with Crippen molar-refractivity contribution in [2.24, 2.45) is 5.92 Å². The van der Waals surface area contributed by atoms with Gasteiger partial charge in [-0.3, -0.25) is 9.69 Å². The minimum atomic E-state index is -4.47. The number of alkyl halides is 6. The highest BCUT2D eigenvalue weighted by atomic mass is 19.4. The number of carboxylic acid groups (broad SMARTS) is 1. The maximum Gasteiger partial charge on any atom is 0.416 e. The summed E-state index contributed by atoms with van der Waals surface area (Å²) < 4.78 is 77.5. The van der Waals surface area contributed by atoms with Crippen LogP contribution in [0.1, 0.15) is 41.0 Å². The molecule has 0 aromatic heterocycles. The summed E-state index contributed by atoms with van der Waals surface area (Å²) in [6.45, 7) is 0.995. The molecule has 1 saturated heterocycles. The fourth-order valence-corrected chi connectivity index (χ4v) is 4.12. The number of carboxylic acids is 1. The van der Waals surface area contributed by atoms with Crippen molar-refractivity contribution in [2.75, 3.05) is 13.1 Å². The number of carbonyl (C=O) groups is 1. The fraction of sp³-hybridized carbons (Fsp3) is 0.409. The molecule has 0 radical (unpaired) electrons. The largest absolute Gasteiger partial charge is 0.481 e. The van der Waals surface area contributed by atoms with Crippen molar-refractivity contribution in [1.29, 1.82) is 0 Å². The Balaban J connectivity index is 1.80. The van der Waals surface area contributed by atoms with Gasteiger partial charge in [0.05, 0.1) is 11.1 Å². The van der Waals surface area contributed by atoms with Gasteiger partial charge in [0.2, 0.25) is 0 Å². The van der Waals surface area contributed by atoms with Gasteiger partial charge < -0.3 is 5.11 Å². The molecule has 3 rings (SSSR count). The van der Waals surface area contributed by atoms with Gasteiger partial charge in [-0.15, -0.1) is 0 Å². The topological polar surface area (TPSA) is 40.5 Å². The minimum Gasteiger partial charge on any atom is -0.481 e. The average Bonchev–Trinajstić information content (AvgIpc) is 2.66. The van der Waals surface area contributed by atoms with Crippen LogP contribution in [0.25, 0.3) is 0 Å². The molecule has 9 heteroatoms. The zero-order valence-corrected chi connectivity index (χ0v) is 16.4. The molecule has 0 aliphatic carbocycles. The standard InChI is InChI=1S/C22H21F6NO2/c23-21(24,25)18-6-4-16(5-7-18)17-8-15(10-20(30)31)12-29(13-17)11-14-2-1-3-19(9-14)22(26,27)28/h1-7,9,15,17H,8,10-13H2,(H,30,31)/t15-,17+/m0/s1. The van der Waals surface area contributed by atoms with E-state index >= 15 is 0 Å². The van der Waals surface area contributed by atoms with Gasteiger partial charge in [-0.25, -0.2) is 0 Å². The van der Waals surface area contributed by atoms with Crippen molar-refractivity contribution in [1.82, 2.24) is 4.90 Å². The first-order valence-electron chi connectivity index (χ1n) is 9.69. The highest BCUT2D eigenvalue weighted by Gasteiger charge is 2.33. The van der Waals surface area contributed by atoms with Crippen molar-refractivity contribution < 1.29 is 36.2 Å². The molecule has 0 amide bonds. The van der Waals surface area contributed by atoms with Crippen LogP contribution >= 0.6 is 0 Å². The van der Waals surface area contributed by atoms with Crippen LogP contribution in [0.15, 0.2) is 48.5 Å². The summed E-state index contributed by atoms with van der Waals surface area (Å²) >= 11 is 0. The highest BCUT2D eigenvalue weighted by Crippen LogP contribution is 2.36. The molecule has 1 heterocycles. The number of halogens is 6. The zero-order valence-electron chi connectivity index (χ0n) is 16.4. The summed E-state index contributed by atoms with van der Waals surface area (Å²) in [4.78, 5) is 13.1. The number of aliphatic carboxylic acids is 1. The first kappa shape index (κ1) is 23.1. The molecule has 0 spiro atoms. The predicted molar refractivity (Wildman–Crippen MR) is 101 cm³/mol. The van der Waals surface area contributed by atoms with Crippen molar-refractivity contribution in [2.45, 2.75) is 37.7 Å².